The molecule has 1 aliphatic rings. The molecule has 0 aromatic carbocycles. The van der Waals surface area contributed by atoms with Crippen molar-refractivity contribution in [2.24, 2.45) is 5.92 Å². The molecule has 0 spiro atoms. The summed E-state index contributed by atoms with van der Waals surface area (Å²) in [6.45, 7) is 8.21. The molecule has 2 aromatic heterocycles. The zero-order valence-corrected chi connectivity index (χ0v) is 14.8. The molecule has 124 valence electrons. The van der Waals surface area contributed by atoms with Gasteiger partial charge in [0, 0.05) is 37.0 Å². The van der Waals surface area contributed by atoms with Crippen LogP contribution in [0.3, 0.4) is 0 Å². The maximum atomic E-state index is 12.5. The van der Waals surface area contributed by atoms with E-state index in [4.69, 9.17) is 0 Å². The Morgan fingerprint density at radius 2 is 2.09 bits per heavy atom. The Labute approximate surface area is 137 Å². The van der Waals surface area contributed by atoms with Crippen molar-refractivity contribution in [1.29, 1.82) is 0 Å². The van der Waals surface area contributed by atoms with Gasteiger partial charge in [-0.1, -0.05) is 0 Å². The third-order valence-electron chi connectivity index (χ3n) is 5.18. The highest BCUT2D eigenvalue weighted by Crippen LogP contribution is 2.34. The second-order valence-corrected chi connectivity index (χ2v) is 6.90. The summed E-state index contributed by atoms with van der Waals surface area (Å²) in [4.78, 5) is 19.0. The van der Waals surface area contributed by atoms with Gasteiger partial charge in [0.2, 0.25) is 5.91 Å². The molecule has 0 radical (unpaired) electrons. The second-order valence-electron chi connectivity index (χ2n) is 6.90. The molecular weight excluding hydrogens is 288 g/mol. The van der Waals surface area contributed by atoms with Crippen molar-refractivity contribution in [2.45, 2.75) is 59.4 Å². The molecule has 3 rings (SSSR count). The summed E-state index contributed by atoms with van der Waals surface area (Å²) in [5.41, 5.74) is 5.08. The van der Waals surface area contributed by atoms with Gasteiger partial charge in [-0.25, -0.2) is 9.50 Å². The van der Waals surface area contributed by atoms with Crippen LogP contribution in [-0.2, 0) is 11.2 Å². The summed E-state index contributed by atoms with van der Waals surface area (Å²) in [5, 5.41) is 4.50. The van der Waals surface area contributed by atoms with E-state index < -0.39 is 0 Å². The first-order chi connectivity index (χ1) is 10.9. The molecule has 2 heterocycles. The SMILES string of the molecule is Cc1cc2nc(C)c(CCC(=O)N(C)[C@@H](C)C3CC3)c(C)n2n1. The van der Waals surface area contributed by atoms with E-state index in [1.54, 1.807) is 0 Å². The number of amides is 1. The van der Waals surface area contributed by atoms with Crippen molar-refractivity contribution in [3.63, 3.8) is 0 Å². The van der Waals surface area contributed by atoms with E-state index in [9.17, 15) is 4.79 Å². The minimum absolute atomic E-state index is 0.222. The number of carbonyl (C=O) groups is 1. The third-order valence-corrected chi connectivity index (χ3v) is 5.18. The van der Waals surface area contributed by atoms with Crippen molar-refractivity contribution in [3.05, 3.63) is 28.7 Å². The van der Waals surface area contributed by atoms with E-state index in [1.807, 2.05) is 36.4 Å². The number of hydrogen-bond donors (Lipinski definition) is 0. The smallest absolute Gasteiger partial charge is 0.222 e. The molecule has 1 amide bonds. The average Bonchev–Trinajstić information content (AvgIpc) is 3.28. The Balaban J connectivity index is 1.74. The van der Waals surface area contributed by atoms with Crippen LogP contribution in [0.25, 0.3) is 5.65 Å². The lowest BCUT2D eigenvalue weighted by Gasteiger charge is -2.25. The van der Waals surface area contributed by atoms with Gasteiger partial charge in [-0.3, -0.25) is 4.79 Å². The molecule has 1 fully saturated rings. The van der Waals surface area contributed by atoms with Gasteiger partial charge < -0.3 is 4.90 Å². The van der Waals surface area contributed by atoms with Gasteiger partial charge in [0.05, 0.1) is 5.69 Å². The minimum Gasteiger partial charge on any atom is -0.343 e. The van der Waals surface area contributed by atoms with Gasteiger partial charge in [0.1, 0.15) is 0 Å². The largest absolute Gasteiger partial charge is 0.343 e. The van der Waals surface area contributed by atoms with Gasteiger partial charge in [-0.05, 0) is 58.4 Å². The number of nitrogens with zero attached hydrogens (tertiary/aromatic N) is 4. The molecule has 5 nitrogen and oxygen atoms in total. The Kier molecular flexibility index (Phi) is 4.13. The molecule has 23 heavy (non-hydrogen) atoms. The van der Waals surface area contributed by atoms with Crippen molar-refractivity contribution in [2.75, 3.05) is 7.05 Å². The van der Waals surface area contributed by atoms with E-state index in [2.05, 4.69) is 23.9 Å². The predicted molar refractivity (Wildman–Crippen MR) is 90.5 cm³/mol. The topological polar surface area (TPSA) is 50.5 Å². The monoisotopic (exact) mass is 314 g/mol. The summed E-state index contributed by atoms with van der Waals surface area (Å²) in [6, 6.07) is 2.35. The lowest BCUT2D eigenvalue weighted by molar-refractivity contribution is -0.132. The zero-order chi connectivity index (χ0) is 16.7. The molecule has 5 heteroatoms. The number of aromatic nitrogens is 3. The zero-order valence-electron chi connectivity index (χ0n) is 14.8. The molecule has 0 unspecified atom stereocenters. The number of fused-ring (bicyclic) bond motifs is 1. The normalized spacial score (nSPS) is 15.9. The Hall–Kier alpha value is -1.91. The van der Waals surface area contributed by atoms with Gasteiger partial charge in [0.15, 0.2) is 5.65 Å². The van der Waals surface area contributed by atoms with Crippen LogP contribution in [0.5, 0.6) is 0 Å². The first-order valence-electron chi connectivity index (χ1n) is 8.46. The molecule has 1 atom stereocenters. The lowest BCUT2D eigenvalue weighted by Crippen LogP contribution is -2.36. The van der Waals surface area contributed by atoms with E-state index in [0.29, 0.717) is 18.4 Å². The van der Waals surface area contributed by atoms with E-state index >= 15 is 0 Å². The van der Waals surface area contributed by atoms with Gasteiger partial charge in [-0.15, -0.1) is 0 Å². The number of aryl methyl sites for hydroxylation is 3. The number of rotatable bonds is 5. The van der Waals surface area contributed by atoms with Crippen LogP contribution >= 0.6 is 0 Å². The van der Waals surface area contributed by atoms with Gasteiger partial charge in [-0.2, -0.15) is 5.10 Å². The maximum absolute atomic E-state index is 12.5. The molecular formula is C18H26N4O. The minimum atomic E-state index is 0.222. The summed E-state index contributed by atoms with van der Waals surface area (Å²) in [5.74, 6) is 0.928. The molecule has 0 N–H and O–H groups in total. The Morgan fingerprint density at radius 1 is 1.39 bits per heavy atom. The third kappa shape index (κ3) is 3.09. The highest BCUT2D eigenvalue weighted by atomic mass is 16.2. The highest BCUT2D eigenvalue weighted by Gasteiger charge is 2.32. The Bertz CT molecular complexity index is 745. The summed E-state index contributed by atoms with van der Waals surface area (Å²) >= 11 is 0. The molecule has 0 saturated heterocycles. The number of carbonyl (C=O) groups excluding carboxylic acids is 1. The summed E-state index contributed by atoms with van der Waals surface area (Å²) in [7, 11) is 1.93. The van der Waals surface area contributed by atoms with Crippen LogP contribution < -0.4 is 0 Å². The van der Waals surface area contributed by atoms with Crippen LogP contribution in [0.1, 0.15) is 48.8 Å². The predicted octanol–water partition coefficient (Wildman–Crippen LogP) is 2.84. The van der Waals surface area contributed by atoms with Crippen LogP contribution in [0, 0.1) is 26.7 Å². The second kappa shape index (κ2) is 5.95. The lowest BCUT2D eigenvalue weighted by atomic mass is 10.1. The van der Waals surface area contributed by atoms with Crippen LogP contribution in [0.4, 0.5) is 0 Å². The van der Waals surface area contributed by atoms with Crippen molar-refractivity contribution < 1.29 is 4.79 Å². The molecule has 2 aromatic rings. The molecule has 0 aliphatic heterocycles. The fourth-order valence-electron chi connectivity index (χ4n) is 3.33. The summed E-state index contributed by atoms with van der Waals surface area (Å²) in [6.07, 6.45) is 3.77. The van der Waals surface area contributed by atoms with Crippen molar-refractivity contribution in [1.82, 2.24) is 19.5 Å². The van der Waals surface area contributed by atoms with E-state index in [0.717, 1.165) is 34.7 Å². The van der Waals surface area contributed by atoms with Crippen LogP contribution in [0.2, 0.25) is 0 Å². The first kappa shape index (κ1) is 16.0. The highest BCUT2D eigenvalue weighted by molar-refractivity contribution is 5.76. The van der Waals surface area contributed by atoms with Crippen molar-refractivity contribution >= 4 is 11.6 Å². The van der Waals surface area contributed by atoms with E-state index in [1.165, 1.54) is 12.8 Å². The van der Waals surface area contributed by atoms with Gasteiger partial charge >= 0.3 is 0 Å². The molecule has 1 aliphatic carbocycles. The number of hydrogen-bond acceptors (Lipinski definition) is 3. The quantitative estimate of drug-likeness (QED) is 0.852. The average molecular weight is 314 g/mol. The molecule has 0 bridgehead atoms. The van der Waals surface area contributed by atoms with Gasteiger partial charge in [0.25, 0.3) is 0 Å². The van der Waals surface area contributed by atoms with Crippen LogP contribution in [-0.4, -0.2) is 38.5 Å². The fraction of sp³-hybridized carbons (Fsp3) is 0.611. The fourth-order valence-corrected chi connectivity index (χ4v) is 3.33. The van der Waals surface area contributed by atoms with Crippen LogP contribution in [0.15, 0.2) is 6.07 Å². The molecule has 1 saturated carbocycles. The maximum Gasteiger partial charge on any atom is 0.222 e. The first-order valence-corrected chi connectivity index (χ1v) is 8.46. The summed E-state index contributed by atoms with van der Waals surface area (Å²) < 4.78 is 1.89. The van der Waals surface area contributed by atoms with E-state index in [-0.39, 0.29) is 5.91 Å². The van der Waals surface area contributed by atoms with Crippen molar-refractivity contribution in [3.8, 4) is 0 Å². The standard InChI is InChI=1S/C18H26N4O/c1-11-10-17-19-12(2)16(14(4)22(17)20-11)8-9-18(23)21(5)13(3)15-6-7-15/h10,13,15H,6-9H2,1-5H3/t13-/m0/s1. The Morgan fingerprint density at radius 3 is 2.74 bits per heavy atom.